The summed E-state index contributed by atoms with van der Waals surface area (Å²) in [7, 11) is 0. The standard InChI is InChI=1S/C22H20ClN5OS/c1-11-10-29-18(24-11)9-17-21-27-26-14(4)28(21)22-19(12(2)13(3)30-22)20(25-17)15-5-7-16(23)8-6-15/h5-8,10,17H,9H2,1-4H3/t17-/m0/s1. The number of aliphatic imine (C=N–C) groups is 1. The highest BCUT2D eigenvalue weighted by molar-refractivity contribution is 7.15. The van der Waals surface area contributed by atoms with Gasteiger partial charge >= 0.3 is 0 Å². The molecule has 0 fully saturated rings. The van der Waals surface area contributed by atoms with Crippen LogP contribution in [0.5, 0.6) is 0 Å². The predicted octanol–water partition coefficient (Wildman–Crippen LogP) is 5.34. The second-order valence-corrected chi connectivity index (χ2v) is 9.13. The monoisotopic (exact) mass is 437 g/mol. The first kappa shape index (κ1) is 19.2. The maximum Gasteiger partial charge on any atom is 0.196 e. The van der Waals surface area contributed by atoms with Crippen LogP contribution in [-0.2, 0) is 6.42 Å². The Morgan fingerprint density at radius 3 is 2.57 bits per heavy atom. The smallest absolute Gasteiger partial charge is 0.196 e. The summed E-state index contributed by atoms with van der Waals surface area (Å²) in [5.41, 5.74) is 5.14. The van der Waals surface area contributed by atoms with Crippen LogP contribution in [0.4, 0.5) is 0 Å². The molecule has 1 aliphatic rings. The van der Waals surface area contributed by atoms with Crippen molar-refractivity contribution < 1.29 is 4.42 Å². The molecule has 152 valence electrons. The van der Waals surface area contributed by atoms with Crippen molar-refractivity contribution in [1.29, 1.82) is 0 Å². The van der Waals surface area contributed by atoms with Crippen molar-refractivity contribution >= 4 is 28.6 Å². The number of oxazole rings is 1. The Balaban J connectivity index is 1.76. The van der Waals surface area contributed by atoms with Crippen molar-refractivity contribution in [2.45, 2.75) is 40.2 Å². The fourth-order valence-electron chi connectivity index (χ4n) is 3.79. The van der Waals surface area contributed by atoms with E-state index in [1.54, 1.807) is 17.6 Å². The molecule has 8 heteroatoms. The molecule has 0 aliphatic carbocycles. The van der Waals surface area contributed by atoms with E-state index < -0.39 is 0 Å². The van der Waals surface area contributed by atoms with E-state index in [0.29, 0.717) is 17.3 Å². The zero-order chi connectivity index (χ0) is 21.0. The molecule has 0 amide bonds. The predicted molar refractivity (Wildman–Crippen MR) is 118 cm³/mol. The number of halogens is 1. The van der Waals surface area contributed by atoms with E-state index in [9.17, 15) is 0 Å². The number of benzene rings is 1. The summed E-state index contributed by atoms with van der Waals surface area (Å²) in [6.07, 6.45) is 2.17. The van der Waals surface area contributed by atoms with Crippen molar-refractivity contribution in [3.05, 3.63) is 80.4 Å². The second-order valence-electron chi connectivity index (χ2n) is 7.49. The third-order valence-corrected chi connectivity index (χ3v) is 6.84. The number of nitrogens with zero attached hydrogens (tertiary/aromatic N) is 5. The molecule has 0 unspecified atom stereocenters. The maximum atomic E-state index is 6.15. The molecular formula is C22H20ClN5OS. The van der Waals surface area contributed by atoms with Crippen LogP contribution in [-0.4, -0.2) is 25.5 Å². The van der Waals surface area contributed by atoms with Gasteiger partial charge in [0.25, 0.3) is 0 Å². The first-order valence-electron chi connectivity index (χ1n) is 9.69. The van der Waals surface area contributed by atoms with Crippen LogP contribution in [0.25, 0.3) is 5.00 Å². The van der Waals surface area contributed by atoms with Gasteiger partial charge in [0.05, 0.1) is 17.8 Å². The average Bonchev–Trinajstić information content (AvgIpc) is 3.35. The van der Waals surface area contributed by atoms with Crippen molar-refractivity contribution in [2.75, 3.05) is 0 Å². The van der Waals surface area contributed by atoms with Gasteiger partial charge in [-0.05, 0) is 45.4 Å². The number of hydrogen-bond donors (Lipinski definition) is 0. The van der Waals surface area contributed by atoms with Gasteiger partial charge in [-0.25, -0.2) is 4.98 Å². The van der Waals surface area contributed by atoms with Gasteiger partial charge in [0.15, 0.2) is 11.7 Å². The number of thiophene rings is 1. The zero-order valence-electron chi connectivity index (χ0n) is 17.1. The quantitative estimate of drug-likeness (QED) is 0.434. The lowest BCUT2D eigenvalue weighted by Gasteiger charge is -2.11. The molecule has 5 rings (SSSR count). The minimum absolute atomic E-state index is 0.269. The van der Waals surface area contributed by atoms with Crippen LogP contribution >= 0.6 is 22.9 Å². The number of aromatic nitrogens is 4. The summed E-state index contributed by atoms with van der Waals surface area (Å²) in [5.74, 6) is 2.28. The Bertz CT molecular complexity index is 1280. The lowest BCUT2D eigenvalue weighted by molar-refractivity contribution is 0.467. The number of fused-ring (bicyclic) bond motifs is 3. The molecule has 3 aromatic heterocycles. The molecular weight excluding hydrogens is 418 g/mol. The van der Waals surface area contributed by atoms with Crippen molar-refractivity contribution in [1.82, 2.24) is 19.7 Å². The normalized spacial score (nSPS) is 15.5. The fourth-order valence-corrected chi connectivity index (χ4v) is 5.13. The highest BCUT2D eigenvalue weighted by atomic mass is 35.5. The number of rotatable bonds is 3. The third kappa shape index (κ3) is 3.09. The van der Waals surface area contributed by atoms with Crippen LogP contribution in [0.15, 0.2) is 39.9 Å². The van der Waals surface area contributed by atoms with Gasteiger partial charge < -0.3 is 4.42 Å². The highest BCUT2D eigenvalue weighted by Gasteiger charge is 2.32. The van der Waals surface area contributed by atoms with E-state index in [-0.39, 0.29) is 6.04 Å². The summed E-state index contributed by atoms with van der Waals surface area (Å²) in [5, 5.41) is 10.7. The molecule has 0 spiro atoms. The summed E-state index contributed by atoms with van der Waals surface area (Å²) in [4.78, 5) is 10.9. The van der Waals surface area contributed by atoms with Crippen LogP contribution in [0.2, 0.25) is 5.02 Å². The van der Waals surface area contributed by atoms with E-state index >= 15 is 0 Å². The van der Waals surface area contributed by atoms with Crippen LogP contribution < -0.4 is 0 Å². The number of hydrogen-bond acceptors (Lipinski definition) is 6. The zero-order valence-corrected chi connectivity index (χ0v) is 18.7. The first-order valence-corrected chi connectivity index (χ1v) is 10.9. The van der Waals surface area contributed by atoms with E-state index in [1.807, 2.05) is 38.1 Å². The van der Waals surface area contributed by atoms with E-state index in [2.05, 4.69) is 33.6 Å². The van der Waals surface area contributed by atoms with Crippen molar-refractivity contribution in [3.63, 3.8) is 0 Å². The van der Waals surface area contributed by atoms with E-state index in [1.165, 1.54) is 10.4 Å². The minimum Gasteiger partial charge on any atom is -0.449 e. The Hall–Kier alpha value is -2.77. The van der Waals surface area contributed by atoms with Crippen molar-refractivity contribution in [2.24, 2.45) is 4.99 Å². The van der Waals surface area contributed by atoms with E-state index in [4.69, 9.17) is 21.0 Å². The highest BCUT2D eigenvalue weighted by Crippen LogP contribution is 2.39. The van der Waals surface area contributed by atoms with E-state index in [0.717, 1.165) is 39.2 Å². The second kappa shape index (κ2) is 7.18. The van der Waals surface area contributed by atoms with Gasteiger partial charge in [0.1, 0.15) is 23.1 Å². The van der Waals surface area contributed by atoms with Gasteiger partial charge in [-0.15, -0.1) is 21.5 Å². The van der Waals surface area contributed by atoms with Crippen LogP contribution in [0.3, 0.4) is 0 Å². The summed E-state index contributed by atoms with van der Waals surface area (Å²) in [6, 6.07) is 7.56. The Morgan fingerprint density at radius 2 is 1.87 bits per heavy atom. The molecule has 1 aromatic carbocycles. The Morgan fingerprint density at radius 1 is 1.10 bits per heavy atom. The topological polar surface area (TPSA) is 69.1 Å². The maximum absolute atomic E-state index is 6.15. The molecule has 0 saturated heterocycles. The molecule has 6 nitrogen and oxygen atoms in total. The summed E-state index contributed by atoms with van der Waals surface area (Å²) < 4.78 is 7.77. The lowest BCUT2D eigenvalue weighted by Crippen LogP contribution is -2.09. The average molecular weight is 438 g/mol. The van der Waals surface area contributed by atoms with Gasteiger partial charge in [-0.1, -0.05) is 23.7 Å². The molecule has 4 aromatic rings. The Kier molecular flexibility index (Phi) is 4.60. The SMILES string of the molecule is Cc1coc(C[C@@H]2N=C(c3ccc(Cl)cc3)c3c(sc(C)c3C)-n3c(C)nnc32)n1. The molecule has 0 N–H and O–H groups in total. The molecule has 1 atom stereocenters. The molecule has 30 heavy (non-hydrogen) atoms. The molecule has 1 aliphatic heterocycles. The molecule has 0 saturated carbocycles. The Labute approximate surface area is 183 Å². The van der Waals surface area contributed by atoms with Crippen LogP contribution in [0, 0.1) is 27.7 Å². The van der Waals surface area contributed by atoms with Crippen LogP contribution in [0.1, 0.15) is 50.8 Å². The van der Waals surface area contributed by atoms with Gasteiger partial charge in [-0.2, -0.15) is 0 Å². The van der Waals surface area contributed by atoms with Gasteiger partial charge in [0, 0.05) is 21.0 Å². The fraction of sp³-hybridized carbons (Fsp3) is 0.273. The largest absolute Gasteiger partial charge is 0.449 e. The minimum atomic E-state index is -0.269. The van der Waals surface area contributed by atoms with Crippen molar-refractivity contribution in [3.8, 4) is 5.00 Å². The molecule has 4 heterocycles. The first-order chi connectivity index (χ1) is 14.4. The summed E-state index contributed by atoms with van der Waals surface area (Å²) >= 11 is 7.89. The van der Waals surface area contributed by atoms with Gasteiger partial charge in [-0.3, -0.25) is 9.56 Å². The molecule has 0 radical (unpaired) electrons. The summed E-state index contributed by atoms with van der Waals surface area (Å²) in [6.45, 7) is 8.18. The number of aryl methyl sites for hydroxylation is 3. The molecule has 0 bridgehead atoms. The lowest BCUT2D eigenvalue weighted by atomic mass is 9.99. The van der Waals surface area contributed by atoms with Gasteiger partial charge in [0.2, 0.25) is 0 Å². The third-order valence-electron chi connectivity index (χ3n) is 5.39.